The second-order valence-corrected chi connectivity index (χ2v) is 5.18. The summed E-state index contributed by atoms with van der Waals surface area (Å²) in [6.45, 7) is 2.71. The SMILES string of the molecule is CCCN(CC(F)(F)F)C(=O)CCC1CCCNC1. The van der Waals surface area contributed by atoms with Crippen LogP contribution in [0.1, 0.15) is 39.0 Å². The maximum absolute atomic E-state index is 12.4. The molecular formula is C13H23F3N2O. The Morgan fingerprint density at radius 2 is 2.16 bits per heavy atom. The number of nitrogens with zero attached hydrogens (tertiary/aromatic N) is 1. The smallest absolute Gasteiger partial charge is 0.334 e. The quantitative estimate of drug-likeness (QED) is 0.811. The molecule has 1 aliphatic heterocycles. The third kappa shape index (κ3) is 6.80. The van der Waals surface area contributed by atoms with Crippen LogP contribution >= 0.6 is 0 Å². The first-order valence-electron chi connectivity index (χ1n) is 6.97. The third-order valence-electron chi connectivity index (χ3n) is 3.38. The van der Waals surface area contributed by atoms with Crippen LogP contribution in [0.5, 0.6) is 0 Å². The zero-order valence-corrected chi connectivity index (χ0v) is 11.4. The number of nitrogens with one attached hydrogen (secondary N) is 1. The van der Waals surface area contributed by atoms with E-state index in [-0.39, 0.29) is 18.9 Å². The molecule has 1 aliphatic rings. The molecule has 1 saturated heterocycles. The molecule has 0 saturated carbocycles. The van der Waals surface area contributed by atoms with Crippen LogP contribution in [0.25, 0.3) is 0 Å². The Bertz CT molecular complexity index is 276. The predicted molar refractivity (Wildman–Crippen MR) is 67.8 cm³/mol. The second kappa shape index (κ2) is 7.72. The Hall–Kier alpha value is -0.780. The fourth-order valence-electron chi connectivity index (χ4n) is 2.43. The molecule has 6 heteroatoms. The molecule has 1 amide bonds. The molecule has 0 aliphatic carbocycles. The predicted octanol–water partition coefficient (Wildman–Crippen LogP) is 2.57. The molecule has 0 spiro atoms. The zero-order valence-electron chi connectivity index (χ0n) is 11.4. The number of piperidine rings is 1. The highest BCUT2D eigenvalue weighted by Gasteiger charge is 2.32. The van der Waals surface area contributed by atoms with E-state index < -0.39 is 12.7 Å². The fourth-order valence-corrected chi connectivity index (χ4v) is 2.43. The van der Waals surface area contributed by atoms with E-state index in [0.717, 1.165) is 30.8 Å². The van der Waals surface area contributed by atoms with Gasteiger partial charge in [0, 0.05) is 13.0 Å². The number of alkyl halides is 3. The van der Waals surface area contributed by atoms with Crippen molar-refractivity contribution in [2.24, 2.45) is 5.92 Å². The highest BCUT2D eigenvalue weighted by atomic mass is 19.4. The first kappa shape index (κ1) is 16.3. The summed E-state index contributed by atoms with van der Waals surface area (Å²) in [7, 11) is 0. The number of carbonyl (C=O) groups excluding carboxylic acids is 1. The standard InChI is InChI=1S/C13H23F3N2O/c1-2-8-18(10-13(14,15)16)12(19)6-5-11-4-3-7-17-9-11/h11,17H,2-10H2,1H3. The summed E-state index contributed by atoms with van der Waals surface area (Å²) in [5.74, 6) is 0.0526. The maximum Gasteiger partial charge on any atom is 0.406 e. The Morgan fingerprint density at radius 3 is 2.68 bits per heavy atom. The average molecular weight is 280 g/mol. The van der Waals surface area contributed by atoms with Gasteiger partial charge in [-0.05, 0) is 44.7 Å². The lowest BCUT2D eigenvalue weighted by molar-refractivity contribution is -0.161. The molecule has 0 radical (unpaired) electrons. The van der Waals surface area contributed by atoms with Crippen molar-refractivity contribution in [1.82, 2.24) is 10.2 Å². The molecule has 1 N–H and O–H groups in total. The molecule has 1 heterocycles. The lowest BCUT2D eigenvalue weighted by Crippen LogP contribution is -2.40. The van der Waals surface area contributed by atoms with Crippen LogP contribution in [0.3, 0.4) is 0 Å². The van der Waals surface area contributed by atoms with Crippen LogP contribution < -0.4 is 5.32 Å². The fraction of sp³-hybridized carbons (Fsp3) is 0.923. The monoisotopic (exact) mass is 280 g/mol. The van der Waals surface area contributed by atoms with Crippen molar-refractivity contribution < 1.29 is 18.0 Å². The molecule has 1 fully saturated rings. The van der Waals surface area contributed by atoms with Gasteiger partial charge in [-0.1, -0.05) is 6.92 Å². The van der Waals surface area contributed by atoms with Crippen LogP contribution in [0, 0.1) is 5.92 Å². The van der Waals surface area contributed by atoms with E-state index in [1.807, 2.05) is 0 Å². The van der Waals surface area contributed by atoms with Gasteiger partial charge in [0.05, 0.1) is 0 Å². The van der Waals surface area contributed by atoms with Crippen molar-refractivity contribution in [3.05, 3.63) is 0 Å². The van der Waals surface area contributed by atoms with Gasteiger partial charge in [0.25, 0.3) is 0 Å². The second-order valence-electron chi connectivity index (χ2n) is 5.18. The molecule has 0 aromatic rings. The summed E-state index contributed by atoms with van der Waals surface area (Å²) in [5.41, 5.74) is 0. The molecular weight excluding hydrogens is 257 g/mol. The number of hydrogen-bond donors (Lipinski definition) is 1. The third-order valence-corrected chi connectivity index (χ3v) is 3.38. The molecule has 19 heavy (non-hydrogen) atoms. The lowest BCUT2D eigenvalue weighted by atomic mass is 9.94. The van der Waals surface area contributed by atoms with Gasteiger partial charge in [0.2, 0.25) is 5.91 Å². The van der Waals surface area contributed by atoms with E-state index in [1.165, 1.54) is 0 Å². The first-order valence-corrected chi connectivity index (χ1v) is 6.97. The largest absolute Gasteiger partial charge is 0.406 e. The minimum Gasteiger partial charge on any atom is -0.334 e. The summed E-state index contributed by atoms with van der Waals surface area (Å²) in [4.78, 5) is 12.8. The number of carbonyl (C=O) groups is 1. The van der Waals surface area contributed by atoms with Crippen molar-refractivity contribution >= 4 is 5.91 Å². The number of rotatable bonds is 6. The van der Waals surface area contributed by atoms with Gasteiger partial charge in [-0.3, -0.25) is 4.79 Å². The molecule has 0 bridgehead atoms. The van der Waals surface area contributed by atoms with Crippen LogP contribution in [0.4, 0.5) is 13.2 Å². The first-order chi connectivity index (χ1) is 8.92. The van der Waals surface area contributed by atoms with E-state index in [1.54, 1.807) is 6.92 Å². The average Bonchev–Trinajstić information content (AvgIpc) is 2.35. The number of hydrogen-bond acceptors (Lipinski definition) is 2. The Kier molecular flexibility index (Phi) is 6.62. The van der Waals surface area contributed by atoms with Gasteiger partial charge in [-0.2, -0.15) is 13.2 Å². The van der Waals surface area contributed by atoms with Crippen molar-refractivity contribution in [1.29, 1.82) is 0 Å². The normalized spacial score (nSPS) is 20.3. The van der Waals surface area contributed by atoms with Gasteiger partial charge in [0.1, 0.15) is 6.54 Å². The summed E-state index contributed by atoms with van der Waals surface area (Å²) >= 11 is 0. The molecule has 1 unspecified atom stereocenters. The zero-order chi connectivity index (χ0) is 14.3. The van der Waals surface area contributed by atoms with Gasteiger partial charge >= 0.3 is 6.18 Å². The minimum absolute atomic E-state index is 0.182. The van der Waals surface area contributed by atoms with Crippen molar-refractivity contribution in [2.75, 3.05) is 26.2 Å². The molecule has 3 nitrogen and oxygen atoms in total. The summed E-state index contributed by atoms with van der Waals surface area (Å²) in [5, 5.41) is 3.25. The van der Waals surface area contributed by atoms with Crippen LogP contribution in [0.2, 0.25) is 0 Å². The van der Waals surface area contributed by atoms with Crippen molar-refractivity contribution in [3.8, 4) is 0 Å². The molecule has 1 atom stereocenters. The van der Waals surface area contributed by atoms with Gasteiger partial charge in [0.15, 0.2) is 0 Å². The Balaban J connectivity index is 2.38. The number of amides is 1. The lowest BCUT2D eigenvalue weighted by Gasteiger charge is -2.26. The van der Waals surface area contributed by atoms with E-state index >= 15 is 0 Å². The molecule has 1 rings (SSSR count). The van der Waals surface area contributed by atoms with Crippen molar-refractivity contribution in [2.45, 2.75) is 45.2 Å². The summed E-state index contributed by atoms with van der Waals surface area (Å²) in [6.07, 6.45) is -0.705. The van der Waals surface area contributed by atoms with Gasteiger partial charge in [-0.15, -0.1) is 0 Å². The Labute approximate surface area is 112 Å². The Morgan fingerprint density at radius 1 is 1.42 bits per heavy atom. The topological polar surface area (TPSA) is 32.3 Å². The van der Waals surface area contributed by atoms with Crippen molar-refractivity contribution in [3.63, 3.8) is 0 Å². The highest BCUT2D eigenvalue weighted by Crippen LogP contribution is 2.20. The highest BCUT2D eigenvalue weighted by molar-refractivity contribution is 5.76. The van der Waals surface area contributed by atoms with E-state index in [4.69, 9.17) is 0 Å². The van der Waals surface area contributed by atoms with E-state index in [2.05, 4.69) is 5.32 Å². The van der Waals surface area contributed by atoms with Crippen LogP contribution in [-0.2, 0) is 4.79 Å². The minimum atomic E-state index is -4.31. The number of halogens is 3. The maximum atomic E-state index is 12.4. The van der Waals surface area contributed by atoms with Gasteiger partial charge in [-0.25, -0.2) is 0 Å². The molecule has 112 valence electrons. The van der Waals surface area contributed by atoms with Crippen LogP contribution in [0.15, 0.2) is 0 Å². The molecule has 0 aromatic carbocycles. The summed E-state index contributed by atoms with van der Waals surface area (Å²) in [6, 6.07) is 0. The van der Waals surface area contributed by atoms with E-state index in [9.17, 15) is 18.0 Å². The van der Waals surface area contributed by atoms with E-state index in [0.29, 0.717) is 18.8 Å². The van der Waals surface area contributed by atoms with Gasteiger partial charge < -0.3 is 10.2 Å². The van der Waals surface area contributed by atoms with Crippen LogP contribution in [-0.4, -0.2) is 43.2 Å². The summed E-state index contributed by atoms with van der Waals surface area (Å²) < 4.78 is 37.1. The molecule has 0 aromatic heterocycles.